The zero-order chi connectivity index (χ0) is 12.3. The minimum Gasteiger partial charge on any atom is -0.376 e. The van der Waals surface area contributed by atoms with Gasteiger partial charge in [-0.2, -0.15) is 8.42 Å². The van der Waals surface area contributed by atoms with E-state index >= 15 is 0 Å². The molecule has 1 rings (SSSR count). The fourth-order valence-electron chi connectivity index (χ4n) is 1.24. The van der Waals surface area contributed by atoms with Crippen molar-refractivity contribution in [2.45, 2.75) is 4.90 Å². The van der Waals surface area contributed by atoms with Crippen LogP contribution >= 0.6 is 0 Å². The Hall–Kier alpha value is -1.60. The average Bonchev–Trinajstić information content (AvgIpc) is 2.16. The van der Waals surface area contributed by atoms with Gasteiger partial charge in [-0.05, 0) is 18.2 Å². The Balaban J connectivity index is 3.36. The van der Waals surface area contributed by atoms with Crippen molar-refractivity contribution < 1.29 is 17.8 Å². The van der Waals surface area contributed by atoms with E-state index in [0.717, 1.165) is 0 Å². The topological polar surface area (TPSA) is 86.7 Å². The molecule has 0 saturated heterocycles. The van der Waals surface area contributed by atoms with Crippen LogP contribution in [0.2, 0.25) is 0 Å². The summed E-state index contributed by atoms with van der Waals surface area (Å²) in [6.45, 7) is 0. The number of nitrogens with zero attached hydrogens (tertiary/aromatic N) is 1. The molecule has 0 spiro atoms. The Morgan fingerprint density at radius 1 is 1.38 bits per heavy atom. The van der Waals surface area contributed by atoms with Crippen LogP contribution in [-0.2, 0) is 14.9 Å². The monoisotopic (exact) mass is 244 g/mol. The van der Waals surface area contributed by atoms with E-state index in [1.165, 1.54) is 23.1 Å². The second kappa shape index (κ2) is 4.50. The molecule has 0 atom stereocenters. The molecule has 0 aromatic heterocycles. The van der Waals surface area contributed by atoms with Crippen LogP contribution in [0.4, 0.5) is 11.4 Å². The summed E-state index contributed by atoms with van der Waals surface area (Å²) in [5.41, 5.74) is 0.750. The first-order valence-electron chi connectivity index (χ1n) is 4.35. The van der Waals surface area contributed by atoms with Crippen LogP contribution < -0.4 is 10.2 Å². The molecule has 0 bridgehead atoms. The number of rotatable bonds is 4. The maximum absolute atomic E-state index is 11.1. The predicted octanol–water partition coefficient (Wildman–Crippen LogP) is 0.568. The minimum absolute atomic E-state index is 0.200. The molecule has 0 saturated carbocycles. The lowest BCUT2D eigenvalue weighted by atomic mass is 10.2. The van der Waals surface area contributed by atoms with Crippen molar-refractivity contribution in [1.82, 2.24) is 0 Å². The second-order valence-electron chi connectivity index (χ2n) is 3.31. The fraction of sp³-hybridized carbons (Fsp3) is 0.222. The van der Waals surface area contributed by atoms with Gasteiger partial charge in [0.1, 0.15) is 4.90 Å². The first kappa shape index (κ1) is 12.5. The first-order valence-corrected chi connectivity index (χ1v) is 5.79. The van der Waals surface area contributed by atoms with Crippen LogP contribution in [0.3, 0.4) is 0 Å². The van der Waals surface area contributed by atoms with E-state index in [-0.39, 0.29) is 4.90 Å². The summed E-state index contributed by atoms with van der Waals surface area (Å²) in [6, 6.07) is 4.08. The van der Waals surface area contributed by atoms with Crippen LogP contribution in [0.15, 0.2) is 23.1 Å². The second-order valence-corrected chi connectivity index (χ2v) is 4.70. The molecule has 7 heteroatoms. The highest BCUT2D eigenvalue weighted by Crippen LogP contribution is 2.26. The van der Waals surface area contributed by atoms with Gasteiger partial charge in [0, 0.05) is 19.8 Å². The third-order valence-corrected chi connectivity index (χ3v) is 2.85. The highest BCUT2D eigenvalue weighted by molar-refractivity contribution is 7.86. The number of benzene rings is 1. The van der Waals surface area contributed by atoms with Gasteiger partial charge in [-0.3, -0.25) is 9.35 Å². The van der Waals surface area contributed by atoms with Gasteiger partial charge in [0.05, 0.1) is 5.69 Å². The van der Waals surface area contributed by atoms with Crippen LogP contribution in [0.25, 0.3) is 0 Å². The molecule has 1 aromatic carbocycles. The Morgan fingerprint density at radius 2 is 2.00 bits per heavy atom. The van der Waals surface area contributed by atoms with Crippen molar-refractivity contribution in [3.8, 4) is 0 Å². The van der Waals surface area contributed by atoms with Crippen LogP contribution in [0, 0.1) is 0 Å². The van der Waals surface area contributed by atoms with Gasteiger partial charge in [-0.15, -0.1) is 0 Å². The summed E-state index contributed by atoms with van der Waals surface area (Å²) in [7, 11) is -1.00. The van der Waals surface area contributed by atoms with E-state index in [9.17, 15) is 13.2 Å². The SMILES string of the molecule is CN(C)c1cc(NC=O)ccc1S(=O)(=O)O. The molecule has 0 unspecified atom stereocenters. The third-order valence-electron chi connectivity index (χ3n) is 1.94. The molecule has 0 fully saturated rings. The Kier molecular flexibility index (Phi) is 3.51. The van der Waals surface area contributed by atoms with E-state index < -0.39 is 10.1 Å². The molecule has 0 heterocycles. The smallest absolute Gasteiger partial charge is 0.296 e. The van der Waals surface area contributed by atoms with Gasteiger partial charge < -0.3 is 10.2 Å². The fourth-order valence-corrected chi connectivity index (χ4v) is 1.99. The molecule has 0 radical (unpaired) electrons. The van der Waals surface area contributed by atoms with E-state index in [2.05, 4.69) is 5.32 Å². The summed E-state index contributed by atoms with van der Waals surface area (Å²) in [5, 5.41) is 2.40. The Morgan fingerprint density at radius 3 is 2.44 bits per heavy atom. The zero-order valence-electron chi connectivity index (χ0n) is 8.84. The summed E-state index contributed by atoms with van der Waals surface area (Å²) >= 11 is 0. The van der Waals surface area contributed by atoms with E-state index in [0.29, 0.717) is 17.8 Å². The van der Waals surface area contributed by atoms with Crippen LogP contribution in [0.5, 0.6) is 0 Å². The van der Waals surface area contributed by atoms with Crippen molar-refractivity contribution >= 4 is 27.9 Å². The molecule has 6 nitrogen and oxygen atoms in total. The third kappa shape index (κ3) is 2.71. The number of amides is 1. The van der Waals surface area contributed by atoms with Gasteiger partial charge >= 0.3 is 0 Å². The summed E-state index contributed by atoms with van der Waals surface area (Å²) in [5.74, 6) is 0. The molecule has 1 aromatic rings. The van der Waals surface area contributed by atoms with Gasteiger partial charge in [0.2, 0.25) is 6.41 Å². The van der Waals surface area contributed by atoms with Gasteiger partial charge in [-0.25, -0.2) is 0 Å². The summed E-state index contributed by atoms with van der Waals surface area (Å²) in [4.78, 5) is 11.6. The van der Waals surface area contributed by atoms with Crippen molar-refractivity contribution in [2.24, 2.45) is 0 Å². The molecule has 0 aliphatic carbocycles. The van der Waals surface area contributed by atoms with Crippen molar-refractivity contribution in [3.05, 3.63) is 18.2 Å². The van der Waals surface area contributed by atoms with Crippen molar-refractivity contribution in [3.63, 3.8) is 0 Å². The van der Waals surface area contributed by atoms with Crippen LogP contribution in [-0.4, -0.2) is 33.5 Å². The number of hydrogen-bond donors (Lipinski definition) is 2. The highest BCUT2D eigenvalue weighted by Gasteiger charge is 2.17. The highest BCUT2D eigenvalue weighted by atomic mass is 32.2. The minimum atomic E-state index is -4.27. The maximum atomic E-state index is 11.1. The molecule has 16 heavy (non-hydrogen) atoms. The number of carbonyl (C=O) groups excluding carboxylic acids is 1. The number of carbonyl (C=O) groups is 1. The summed E-state index contributed by atoms with van der Waals surface area (Å²) in [6.07, 6.45) is 0.488. The molecule has 0 aliphatic heterocycles. The van der Waals surface area contributed by atoms with Gasteiger partial charge in [-0.1, -0.05) is 0 Å². The molecule has 1 amide bonds. The van der Waals surface area contributed by atoms with Crippen LogP contribution in [0.1, 0.15) is 0 Å². The Labute approximate surface area is 93.6 Å². The largest absolute Gasteiger partial charge is 0.376 e. The Bertz CT molecular complexity index is 496. The number of nitrogens with one attached hydrogen (secondary N) is 1. The first-order chi connectivity index (χ1) is 7.36. The maximum Gasteiger partial charge on any atom is 0.296 e. The molecule has 0 aliphatic rings. The quantitative estimate of drug-likeness (QED) is 0.597. The van der Waals surface area contributed by atoms with Crippen molar-refractivity contribution in [2.75, 3.05) is 24.3 Å². The molecular formula is C9H12N2O4S. The predicted molar refractivity (Wildman–Crippen MR) is 60.3 cm³/mol. The molecule has 2 N–H and O–H groups in total. The van der Waals surface area contributed by atoms with E-state index in [4.69, 9.17) is 4.55 Å². The van der Waals surface area contributed by atoms with Gasteiger partial charge in [0.15, 0.2) is 0 Å². The van der Waals surface area contributed by atoms with Gasteiger partial charge in [0.25, 0.3) is 10.1 Å². The summed E-state index contributed by atoms with van der Waals surface area (Å²) < 4.78 is 31.1. The molecule has 88 valence electrons. The number of anilines is 2. The number of hydrogen-bond acceptors (Lipinski definition) is 4. The molecular weight excluding hydrogens is 232 g/mol. The standard InChI is InChI=1S/C9H12N2O4S/c1-11(2)8-5-7(10-6-12)3-4-9(8)16(13,14)15/h3-6H,1-2H3,(H,10,12)(H,13,14,15). The van der Waals surface area contributed by atoms with E-state index in [1.807, 2.05) is 0 Å². The normalized spacial score (nSPS) is 10.9. The average molecular weight is 244 g/mol. The zero-order valence-corrected chi connectivity index (χ0v) is 9.65. The lowest BCUT2D eigenvalue weighted by Gasteiger charge is -2.16. The lowest BCUT2D eigenvalue weighted by Crippen LogP contribution is -2.14. The van der Waals surface area contributed by atoms with E-state index in [1.54, 1.807) is 14.1 Å². The van der Waals surface area contributed by atoms with Crippen molar-refractivity contribution in [1.29, 1.82) is 0 Å². The lowest BCUT2D eigenvalue weighted by molar-refractivity contribution is -0.105.